The molecule has 0 saturated carbocycles. The lowest BCUT2D eigenvalue weighted by molar-refractivity contribution is -0.123. The Hall–Kier alpha value is -0.650. The Morgan fingerprint density at radius 2 is 2.47 bits per heavy atom. The second-order valence-electron chi connectivity index (χ2n) is 4.96. The van der Waals surface area contributed by atoms with Crippen LogP contribution in [-0.2, 0) is 9.53 Å². The average Bonchev–Trinajstić information content (AvgIpc) is 2.82. The summed E-state index contributed by atoms with van der Waals surface area (Å²) in [7, 11) is 0. The second-order valence-corrected chi connectivity index (χ2v) is 4.96. The summed E-state index contributed by atoms with van der Waals surface area (Å²) in [6, 6.07) is 0.442. The van der Waals surface area contributed by atoms with E-state index >= 15 is 0 Å². The van der Waals surface area contributed by atoms with Crippen molar-refractivity contribution in [1.29, 1.82) is 0 Å². The van der Waals surface area contributed by atoms with E-state index in [9.17, 15) is 4.79 Å². The zero-order valence-electron chi connectivity index (χ0n) is 10.6. The maximum atomic E-state index is 11.8. The van der Waals surface area contributed by atoms with Gasteiger partial charge in [-0.25, -0.2) is 0 Å². The van der Waals surface area contributed by atoms with Gasteiger partial charge in [-0.2, -0.15) is 0 Å². The molecule has 5 nitrogen and oxygen atoms in total. The van der Waals surface area contributed by atoms with Crippen LogP contribution in [0.25, 0.3) is 0 Å². The lowest BCUT2D eigenvalue weighted by Crippen LogP contribution is -2.53. The molecule has 0 radical (unpaired) electrons. The van der Waals surface area contributed by atoms with Gasteiger partial charge in [0.25, 0.3) is 0 Å². The number of hydrogen-bond acceptors (Lipinski definition) is 4. The van der Waals surface area contributed by atoms with Crippen LogP contribution in [0.3, 0.4) is 0 Å². The zero-order chi connectivity index (χ0) is 12.1. The van der Waals surface area contributed by atoms with E-state index in [2.05, 4.69) is 22.5 Å². The SMILES string of the molecule is CC1CNCCN1CC(=O)NCC1CCCO1. The molecule has 2 atom stereocenters. The van der Waals surface area contributed by atoms with Gasteiger partial charge in [-0.05, 0) is 19.8 Å². The summed E-state index contributed by atoms with van der Waals surface area (Å²) >= 11 is 0. The van der Waals surface area contributed by atoms with Gasteiger partial charge in [0.15, 0.2) is 0 Å². The summed E-state index contributed by atoms with van der Waals surface area (Å²) in [5, 5.41) is 6.29. The topological polar surface area (TPSA) is 53.6 Å². The van der Waals surface area contributed by atoms with Gasteiger partial charge in [0.1, 0.15) is 0 Å². The van der Waals surface area contributed by atoms with Crippen molar-refractivity contribution in [2.45, 2.75) is 31.9 Å². The van der Waals surface area contributed by atoms with E-state index in [-0.39, 0.29) is 12.0 Å². The van der Waals surface area contributed by atoms with Crippen LogP contribution in [-0.4, -0.2) is 62.3 Å². The fraction of sp³-hybridized carbons (Fsp3) is 0.917. The second kappa shape index (κ2) is 6.33. The Morgan fingerprint density at radius 1 is 1.59 bits per heavy atom. The van der Waals surface area contributed by atoms with E-state index in [1.165, 1.54) is 0 Å². The summed E-state index contributed by atoms with van der Waals surface area (Å²) in [6.45, 7) is 7.07. The fourth-order valence-corrected chi connectivity index (χ4v) is 2.39. The minimum Gasteiger partial charge on any atom is -0.376 e. The highest BCUT2D eigenvalue weighted by atomic mass is 16.5. The molecule has 1 amide bonds. The number of nitrogens with zero attached hydrogens (tertiary/aromatic N) is 1. The van der Waals surface area contributed by atoms with Crippen LogP contribution >= 0.6 is 0 Å². The van der Waals surface area contributed by atoms with Gasteiger partial charge in [-0.1, -0.05) is 0 Å². The van der Waals surface area contributed by atoms with Crippen molar-refractivity contribution in [2.24, 2.45) is 0 Å². The number of carbonyl (C=O) groups excluding carboxylic acids is 1. The number of rotatable bonds is 4. The van der Waals surface area contributed by atoms with E-state index in [0.717, 1.165) is 39.1 Å². The predicted octanol–water partition coefficient (Wildman–Crippen LogP) is -0.425. The normalized spacial score (nSPS) is 30.4. The van der Waals surface area contributed by atoms with Gasteiger partial charge in [0, 0.05) is 38.8 Å². The molecular weight excluding hydrogens is 218 g/mol. The largest absolute Gasteiger partial charge is 0.376 e. The summed E-state index contributed by atoms with van der Waals surface area (Å²) in [6.07, 6.45) is 2.43. The molecule has 17 heavy (non-hydrogen) atoms. The highest BCUT2D eigenvalue weighted by molar-refractivity contribution is 5.78. The van der Waals surface area contributed by atoms with E-state index in [1.54, 1.807) is 0 Å². The molecular formula is C12H23N3O2. The quantitative estimate of drug-likeness (QED) is 0.701. The maximum absolute atomic E-state index is 11.8. The number of carbonyl (C=O) groups is 1. The maximum Gasteiger partial charge on any atom is 0.234 e. The van der Waals surface area contributed by atoms with Crippen molar-refractivity contribution in [3.63, 3.8) is 0 Å². The van der Waals surface area contributed by atoms with Crippen LogP contribution in [0.1, 0.15) is 19.8 Å². The summed E-state index contributed by atoms with van der Waals surface area (Å²) in [5.41, 5.74) is 0. The van der Waals surface area contributed by atoms with Gasteiger partial charge in [0.2, 0.25) is 5.91 Å². The smallest absolute Gasteiger partial charge is 0.234 e. The minimum absolute atomic E-state index is 0.120. The molecule has 0 bridgehead atoms. The molecule has 2 rings (SSSR count). The van der Waals surface area contributed by atoms with Crippen molar-refractivity contribution < 1.29 is 9.53 Å². The van der Waals surface area contributed by atoms with Crippen LogP contribution in [0, 0.1) is 0 Å². The molecule has 5 heteroatoms. The Morgan fingerprint density at radius 3 is 3.18 bits per heavy atom. The molecule has 2 saturated heterocycles. The van der Waals surface area contributed by atoms with E-state index < -0.39 is 0 Å². The molecule has 98 valence electrons. The Labute approximate surface area is 103 Å². The van der Waals surface area contributed by atoms with Crippen LogP contribution < -0.4 is 10.6 Å². The van der Waals surface area contributed by atoms with Crippen molar-refractivity contribution in [3.8, 4) is 0 Å². The number of ether oxygens (including phenoxy) is 1. The van der Waals surface area contributed by atoms with Crippen molar-refractivity contribution in [1.82, 2.24) is 15.5 Å². The lowest BCUT2D eigenvalue weighted by atomic mass is 10.2. The van der Waals surface area contributed by atoms with E-state index in [1.807, 2.05) is 0 Å². The number of amides is 1. The fourth-order valence-electron chi connectivity index (χ4n) is 2.39. The highest BCUT2D eigenvalue weighted by Crippen LogP contribution is 2.10. The molecule has 0 aromatic heterocycles. The minimum atomic E-state index is 0.120. The summed E-state index contributed by atoms with van der Waals surface area (Å²) < 4.78 is 5.48. The number of piperazine rings is 1. The predicted molar refractivity (Wildman–Crippen MR) is 65.9 cm³/mol. The lowest BCUT2D eigenvalue weighted by Gasteiger charge is -2.33. The first-order chi connectivity index (χ1) is 8.25. The van der Waals surface area contributed by atoms with Gasteiger partial charge in [-0.3, -0.25) is 9.69 Å². The van der Waals surface area contributed by atoms with Crippen molar-refractivity contribution in [3.05, 3.63) is 0 Å². The molecule has 0 aromatic carbocycles. The van der Waals surface area contributed by atoms with E-state index in [0.29, 0.717) is 19.1 Å². The van der Waals surface area contributed by atoms with E-state index in [4.69, 9.17) is 4.74 Å². The van der Waals surface area contributed by atoms with Crippen LogP contribution in [0.2, 0.25) is 0 Å². The van der Waals surface area contributed by atoms with Gasteiger partial charge >= 0.3 is 0 Å². The van der Waals surface area contributed by atoms with Crippen LogP contribution in [0.5, 0.6) is 0 Å². The van der Waals surface area contributed by atoms with Crippen LogP contribution in [0.4, 0.5) is 0 Å². The Kier molecular flexibility index (Phi) is 4.76. The highest BCUT2D eigenvalue weighted by Gasteiger charge is 2.21. The van der Waals surface area contributed by atoms with Gasteiger partial charge in [-0.15, -0.1) is 0 Å². The first kappa shape index (κ1) is 12.8. The standard InChI is InChI=1S/C12H23N3O2/c1-10-7-13-4-5-15(10)9-12(16)14-8-11-3-2-6-17-11/h10-11,13H,2-9H2,1H3,(H,14,16). The zero-order valence-corrected chi connectivity index (χ0v) is 10.6. The molecule has 2 fully saturated rings. The monoisotopic (exact) mass is 241 g/mol. The first-order valence-electron chi connectivity index (χ1n) is 6.59. The summed E-state index contributed by atoms with van der Waals surface area (Å²) in [4.78, 5) is 14.0. The van der Waals surface area contributed by atoms with Crippen molar-refractivity contribution >= 4 is 5.91 Å². The molecule has 2 heterocycles. The van der Waals surface area contributed by atoms with Gasteiger partial charge in [0.05, 0.1) is 12.6 Å². The third kappa shape index (κ3) is 3.94. The molecule has 0 spiro atoms. The Bertz CT molecular complexity index is 254. The average molecular weight is 241 g/mol. The molecule has 0 aliphatic carbocycles. The molecule has 2 aliphatic heterocycles. The number of nitrogens with one attached hydrogen (secondary N) is 2. The first-order valence-corrected chi connectivity index (χ1v) is 6.59. The third-order valence-corrected chi connectivity index (χ3v) is 3.54. The van der Waals surface area contributed by atoms with Gasteiger partial charge < -0.3 is 15.4 Å². The third-order valence-electron chi connectivity index (χ3n) is 3.54. The number of hydrogen-bond donors (Lipinski definition) is 2. The summed E-state index contributed by atoms with van der Waals surface area (Å²) in [5.74, 6) is 0.120. The molecule has 2 unspecified atom stereocenters. The van der Waals surface area contributed by atoms with Crippen LogP contribution in [0.15, 0.2) is 0 Å². The molecule has 0 aromatic rings. The Balaban J connectivity index is 1.65. The molecule has 2 aliphatic rings. The van der Waals surface area contributed by atoms with Crippen molar-refractivity contribution in [2.75, 3.05) is 39.3 Å². The molecule has 2 N–H and O–H groups in total.